The Morgan fingerprint density at radius 1 is 1.50 bits per heavy atom. The summed E-state index contributed by atoms with van der Waals surface area (Å²) >= 11 is 1.67. The molecule has 0 radical (unpaired) electrons. The van der Waals surface area contributed by atoms with E-state index in [2.05, 4.69) is 34.4 Å². The maximum Gasteiger partial charge on any atom is 0.341 e. The lowest BCUT2D eigenvalue weighted by Gasteiger charge is -2.31. The van der Waals surface area contributed by atoms with Crippen molar-refractivity contribution >= 4 is 17.2 Å². The SMILES string of the molecule is CC(C)c1csc([C@H]2CCCN(C(=O)c3n[nH]c(=O)[nH]3)C2)n1. The molecule has 1 aliphatic heterocycles. The van der Waals surface area contributed by atoms with Crippen LogP contribution in [0, 0.1) is 0 Å². The molecule has 1 amide bonds. The van der Waals surface area contributed by atoms with Crippen molar-refractivity contribution in [2.75, 3.05) is 13.1 Å². The van der Waals surface area contributed by atoms with Gasteiger partial charge in [-0.05, 0) is 18.8 Å². The molecule has 1 aliphatic rings. The molecule has 0 saturated carbocycles. The molecular weight excluding hydrogens is 302 g/mol. The molecule has 1 atom stereocenters. The van der Waals surface area contributed by atoms with Gasteiger partial charge in [0.1, 0.15) is 0 Å². The number of nitrogens with one attached hydrogen (secondary N) is 2. The number of H-pyrrole nitrogens is 2. The molecule has 0 bridgehead atoms. The maximum absolute atomic E-state index is 12.4. The van der Waals surface area contributed by atoms with Gasteiger partial charge in [0.15, 0.2) is 0 Å². The third kappa shape index (κ3) is 2.96. The van der Waals surface area contributed by atoms with Crippen molar-refractivity contribution < 1.29 is 4.79 Å². The number of likely N-dealkylation sites (tertiary alicyclic amines) is 1. The number of hydrogen-bond acceptors (Lipinski definition) is 5. The van der Waals surface area contributed by atoms with E-state index in [9.17, 15) is 9.59 Å². The number of piperidine rings is 1. The van der Waals surface area contributed by atoms with Crippen LogP contribution in [-0.2, 0) is 0 Å². The van der Waals surface area contributed by atoms with E-state index in [1.54, 1.807) is 16.2 Å². The van der Waals surface area contributed by atoms with E-state index in [0.29, 0.717) is 19.0 Å². The summed E-state index contributed by atoms with van der Waals surface area (Å²) in [5.74, 6) is 0.526. The highest BCUT2D eigenvalue weighted by molar-refractivity contribution is 7.09. The van der Waals surface area contributed by atoms with Gasteiger partial charge >= 0.3 is 5.69 Å². The van der Waals surface area contributed by atoms with Crippen molar-refractivity contribution in [2.45, 2.75) is 38.5 Å². The average molecular weight is 321 g/mol. The van der Waals surface area contributed by atoms with Crippen LogP contribution in [0.4, 0.5) is 0 Å². The summed E-state index contributed by atoms with van der Waals surface area (Å²) in [6.07, 6.45) is 1.97. The molecule has 3 heterocycles. The second-order valence-electron chi connectivity index (χ2n) is 5.88. The molecule has 2 aromatic rings. The fourth-order valence-corrected chi connectivity index (χ4v) is 3.75. The highest BCUT2D eigenvalue weighted by Crippen LogP contribution is 2.31. The van der Waals surface area contributed by atoms with Crippen LogP contribution in [0.15, 0.2) is 10.2 Å². The lowest BCUT2D eigenvalue weighted by molar-refractivity contribution is 0.0695. The Hall–Kier alpha value is -1.96. The van der Waals surface area contributed by atoms with Crippen LogP contribution in [0.2, 0.25) is 0 Å². The van der Waals surface area contributed by atoms with Gasteiger partial charge < -0.3 is 4.90 Å². The summed E-state index contributed by atoms with van der Waals surface area (Å²) in [6, 6.07) is 0. The first-order chi connectivity index (χ1) is 10.5. The molecular formula is C14H19N5O2S. The lowest BCUT2D eigenvalue weighted by atomic mass is 9.98. The third-order valence-electron chi connectivity index (χ3n) is 3.89. The fourth-order valence-electron chi connectivity index (χ4n) is 2.64. The molecule has 118 valence electrons. The number of carbonyl (C=O) groups is 1. The van der Waals surface area contributed by atoms with Gasteiger partial charge in [0.05, 0.1) is 10.7 Å². The third-order valence-corrected chi connectivity index (χ3v) is 4.92. The number of amides is 1. The fraction of sp³-hybridized carbons (Fsp3) is 0.571. The van der Waals surface area contributed by atoms with E-state index in [4.69, 9.17) is 4.98 Å². The minimum atomic E-state index is -0.460. The zero-order chi connectivity index (χ0) is 15.7. The number of thiazole rings is 1. The maximum atomic E-state index is 12.4. The van der Waals surface area contributed by atoms with Crippen molar-refractivity contribution in [3.8, 4) is 0 Å². The van der Waals surface area contributed by atoms with Crippen LogP contribution in [0.5, 0.6) is 0 Å². The van der Waals surface area contributed by atoms with Crippen molar-refractivity contribution in [3.05, 3.63) is 32.4 Å². The van der Waals surface area contributed by atoms with Gasteiger partial charge in [-0.25, -0.2) is 14.9 Å². The Morgan fingerprint density at radius 3 is 2.95 bits per heavy atom. The van der Waals surface area contributed by atoms with Gasteiger partial charge in [-0.3, -0.25) is 9.78 Å². The van der Waals surface area contributed by atoms with Crippen LogP contribution in [0.1, 0.15) is 59.8 Å². The summed E-state index contributed by atoms with van der Waals surface area (Å²) in [6.45, 7) is 5.57. The summed E-state index contributed by atoms with van der Waals surface area (Å²) in [5.41, 5.74) is 0.651. The predicted molar refractivity (Wildman–Crippen MR) is 83.3 cm³/mol. The second kappa shape index (κ2) is 6.04. The Kier molecular flexibility index (Phi) is 4.10. The zero-order valence-electron chi connectivity index (χ0n) is 12.6. The number of carbonyl (C=O) groups excluding carboxylic acids is 1. The highest BCUT2D eigenvalue weighted by atomic mass is 32.1. The largest absolute Gasteiger partial charge is 0.341 e. The first kappa shape index (κ1) is 15.0. The lowest BCUT2D eigenvalue weighted by Crippen LogP contribution is -2.39. The van der Waals surface area contributed by atoms with E-state index < -0.39 is 5.69 Å². The predicted octanol–water partition coefficient (Wildman–Crippen LogP) is 1.70. The second-order valence-corrected chi connectivity index (χ2v) is 6.77. The van der Waals surface area contributed by atoms with Gasteiger partial charge in [-0.2, -0.15) is 0 Å². The standard InChI is InChI=1S/C14H19N5O2S/c1-8(2)10-7-22-12(15-10)9-4-3-5-19(6-9)13(20)11-16-14(21)18-17-11/h7-9H,3-6H2,1-2H3,(H2,16,17,18,21)/t9-/m0/s1. The van der Waals surface area contributed by atoms with E-state index in [-0.39, 0.29) is 17.6 Å². The van der Waals surface area contributed by atoms with Crippen molar-refractivity contribution in [1.82, 2.24) is 25.1 Å². The Bertz CT molecular complexity index is 717. The number of rotatable bonds is 3. The van der Waals surface area contributed by atoms with Gasteiger partial charge in [-0.15, -0.1) is 16.4 Å². The molecule has 0 aliphatic carbocycles. The molecule has 7 nitrogen and oxygen atoms in total. The van der Waals surface area contributed by atoms with Crippen LogP contribution >= 0.6 is 11.3 Å². The van der Waals surface area contributed by atoms with Crippen LogP contribution in [0.3, 0.4) is 0 Å². The average Bonchev–Trinajstić information content (AvgIpc) is 3.15. The summed E-state index contributed by atoms with van der Waals surface area (Å²) in [5, 5.41) is 9.14. The molecule has 3 rings (SSSR count). The monoisotopic (exact) mass is 321 g/mol. The molecule has 1 saturated heterocycles. The number of aromatic amines is 2. The zero-order valence-corrected chi connectivity index (χ0v) is 13.4. The van der Waals surface area contributed by atoms with Gasteiger partial charge in [0.2, 0.25) is 5.82 Å². The number of aromatic nitrogens is 4. The molecule has 2 N–H and O–H groups in total. The molecule has 0 aromatic carbocycles. The van der Waals surface area contributed by atoms with Gasteiger partial charge in [-0.1, -0.05) is 13.8 Å². The molecule has 0 spiro atoms. The van der Waals surface area contributed by atoms with Crippen LogP contribution in [-0.4, -0.2) is 44.1 Å². The molecule has 22 heavy (non-hydrogen) atoms. The van der Waals surface area contributed by atoms with E-state index in [0.717, 1.165) is 23.5 Å². The van der Waals surface area contributed by atoms with Gasteiger partial charge in [0.25, 0.3) is 5.91 Å². The number of nitrogens with zero attached hydrogens (tertiary/aromatic N) is 3. The van der Waals surface area contributed by atoms with Crippen LogP contribution < -0.4 is 5.69 Å². The Labute approximate surface area is 131 Å². The van der Waals surface area contributed by atoms with Crippen LogP contribution in [0.25, 0.3) is 0 Å². The van der Waals surface area contributed by atoms with Crippen molar-refractivity contribution in [2.24, 2.45) is 0 Å². The highest BCUT2D eigenvalue weighted by Gasteiger charge is 2.28. The quantitative estimate of drug-likeness (QED) is 0.899. The normalized spacial score (nSPS) is 18.9. The smallest absolute Gasteiger partial charge is 0.335 e. The molecule has 0 unspecified atom stereocenters. The summed E-state index contributed by atoms with van der Waals surface area (Å²) in [4.78, 5) is 32.3. The first-order valence-electron chi connectivity index (χ1n) is 7.44. The first-order valence-corrected chi connectivity index (χ1v) is 8.32. The van der Waals surface area contributed by atoms with E-state index >= 15 is 0 Å². The molecule has 8 heteroatoms. The van der Waals surface area contributed by atoms with E-state index in [1.807, 2.05) is 0 Å². The van der Waals surface area contributed by atoms with Crippen molar-refractivity contribution in [1.29, 1.82) is 0 Å². The summed E-state index contributed by atoms with van der Waals surface area (Å²) in [7, 11) is 0. The topological polar surface area (TPSA) is 94.7 Å². The minimum Gasteiger partial charge on any atom is -0.335 e. The number of hydrogen-bond donors (Lipinski definition) is 2. The van der Waals surface area contributed by atoms with E-state index in [1.165, 1.54) is 0 Å². The molecule has 2 aromatic heterocycles. The minimum absolute atomic E-state index is 0.0765. The van der Waals surface area contributed by atoms with Gasteiger partial charge in [0, 0.05) is 24.4 Å². The Balaban J connectivity index is 1.73. The molecule has 1 fully saturated rings. The Morgan fingerprint density at radius 2 is 2.32 bits per heavy atom. The summed E-state index contributed by atoms with van der Waals surface area (Å²) < 4.78 is 0. The van der Waals surface area contributed by atoms with Crippen molar-refractivity contribution in [3.63, 3.8) is 0 Å².